The summed E-state index contributed by atoms with van der Waals surface area (Å²) < 4.78 is 0.934. The third-order valence-corrected chi connectivity index (χ3v) is 2.65. The van der Waals surface area contributed by atoms with Gasteiger partial charge in [-0.2, -0.15) is 0 Å². The monoisotopic (exact) mass is 269 g/mol. The van der Waals surface area contributed by atoms with Crippen molar-refractivity contribution in [3.8, 4) is 0 Å². The predicted octanol–water partition coefficient (Wildman–Crippen LogP) is 3.37. The number of hydrogen-bond acceptors (Lipinski definition) is 1. The number of carbonyl (C=O) groups is 1. The van der Waals surface area contributed by atoms with Crippen LogP contribution in [0.25, 0.3) is 0 Å². The van der Waals surface area contributed by atoms with E-state index < -0.39 is 0 Å². The molecule has 0 saturated carbocycles. The van der Waals surface area contributed by atoms with Gasteiger partial charge in [0.2, 0.25) is 0 Å². The predicted molar refractivity (Wildman–Crippen MR) is 66.0 cm³/mol. The zero-order chi connectivity index (χ0) is 11.1. The number of amides is 1. The molecule has 0 aliphatic heterocycles. The molecule has 1 rings (SSSR count). The van der Waals surface area contributed by atoms with Crippen molar-refractivity contribution in [1.29, 1.82) is 0 Å². The first-order valence-electron chi connectivity index (χ1n) is 5.28. The summed E-state index contributed by atoms with van der Waals surface area (Å²) in [6, 6.07) is 7.42. The fraction of sp³-hybridized carbons (Fsp3) is 0.417. The van der Waals surface area contributed by atoms with Gasteiger partial charge in [-0.25, -0.2) is 0 Å². The highest BCUT2D eigenvalue weighted by Crippen LogP contribution is 2.11. The van der Waals surface area contributed by atoms with Gasteiger partial charge in [-0.15, -0.1) is 0 Å². The topological polar surface area (TPSA) is 29.1 Å². The lowest BCUT2D eigenvalue weighted by atomic mass is 10.2. The molecule has 0 aliphatic rings. The van der Waals surface area contributed by atoms with Gasteiger partial charge in [-0.1, -0.05) is 41.8 Å². The zero-order valence-electron chi connectivity index (χ0n) is 8.92. The lowest BCUT2D eigenvalue weighted by Crippen LogP contribution is -2.24. The van der Waals surface area contributed by atoms with Crippen molar-refractivity contribution in [2.24, 2.45) is 0 Å². The van der Waals surface area contributed by atoms with Crippen LogP contribution in [0.5, 0.6) is 0 Å². The Hall–Kier alpha value is -0.830. The van der Waals surface area contributed by atoms with Gasteiger partial charge in [0, 0.05) is 16.6 Å². The van der Waals surface area contributed by atoms with Gasteiger partial charge in [0.15, 0.2) is 0 Å². The maximum Gasteiger partial charge on any atom is 0.251 e. The number of unbranched alkanes of at least 4 members (excludes halogenated alkanes) is 2. The zero-order valence-corrected chi connectivity index (χ0v) is 10.5. The summed E-state index contributed by atoms with van der Waals surface area (Å²) in [5.74, 6) is 0.00685. The van der Waals surface area contributed by atoms with E-state index in [1.54, 1.807) is 0 Å². The Labute approximate surface area is 99.2 Å². The Kier molecular flexibility index (Phi) is 5.40. The summed E-state index contributed by atoms with van der Waals surface area (Å²) in [7, 11) is 0. The molecule has 1 aromatic carbocycles. The lowest BCUT2D eigenvalue weighted by molar-refractivity contribution is 0.0953. The molecule has 0 spiro atoms. The largest absolute Gasteiger partial charge is 0.352 e. The van der Waals surface area contributed by atoms with Crippen molar-refractivity contribution in [3.05, 3.63) is 34.3 Å². The van der Waals surface area contributed by atoms with Crippen LogP contribution < -0.4 is 5.32 Å². The Bertz CT molecular complexity index is 325. The van der Waals surface area contributed by atoms with Crippen LogP contribution in [0, 0.1) is 0 Å². The molecule has 0 unspecified atom stereocenters. The van der Waals surface area contributed by atoms with E-state index in [9.17, 15) is 4.79 Å². The van der Waals surface area contributed by atoms with E-state index in [4.69, 9.17) is 0 Å². The summed E-state index contributed by atoms with van der Waals surface area (Å²) in [6.45, 7) is 2.91. The van der Waals surface area contributed by atoms with Crippen LogP contribution in [0.1, 0.15) is 36.5 Å². The molecule has 0 atom stereocenters. The fourth-order valence-electron chi connectivity index (χ4n) is 1.31. The third kappa shape index (κ3) is 4.47. The minimum absolute atomic E-state index is 0.00685. The first-order valence-corrected chi connectivity index (χ1v) is 6.07. The van der Waals surface area contributed by atoms with E-state index in [-0.39, 0.29) is 5.91 Å². The lowest BCUT2D eigenvalue weighted by Gasteiger charge is -2.04. The average molecular weight is 270 g/mol. The first-order chi connectivity index (χ1) is 7.24. The number of carbonyl (C=O) groups excluding carboxylic acids is 1. The van der Waals surface area contributed by atoms with Gasteiger partial charge >= 0.3 is 0 Å². The highest BCUT2D eigenvalue weighted by molar-refractivity contribution is 9.10. The molecule has 3 heteroatoms. The summed E-state index contributed by atoms with van der Waals surface area (Å²) in [6.07, 6.45) is 3.39. The summed E-state index contributed by atoms with van der Waals surface area (Å²) in [5.41, 5.74) is 0.709. The van der Waals surface area contributed by atoms with E-state index in [0.717, 1.165) is 17.4 Å². The second-order valence-electron chi connectivity index (χ2n) is 3.47. The Morgan fingerprint density at radius 2 is 2.20 bits per heavy atom. The minimum Gasteiger partial charge on any atom is -0.352 e. The molecule has 0 fully saturated rings. The van der Waals surface area contributed by atoms with Crippen molar-refractivity contribution < 1.29 is 4.79 Å². The van der Waals surface area contributed by atoms with Crippen LogP contribution in [-0.2, 0) is 0 Å². The molecule has 0 aliphatic carbocycles. The van der Waals surface area contributed by atoms with Gasteiger partial charge in [0.1, 0.15) is 0 Å². The average Bonchev–Trinajstić information content (AvgIpc) is 2.24. The van der Waals surface area contributed by atoms with Gasteiger partial charge in [-0.3, -0.25) is 4.79 Å². The normalized spacial score (nSPS) is 10.0. The highest BCUT2D eigenvalue weighted by Gasteiger charge is 2.03. The van der Waals surface area contributed by atoms with Gasteiger partial charge < -0.3 is 5.32 Å². The quantitative estimate of drug-likeness (QED) is 0.816. The van der Waals surface area contributed by atoms with E-state index in [1.807, 2.05) is 24.3 Å². The van der Waals surface area contributed by atoms with Gasteiger partial charge in [-0.05, 0) is 24.6 Å². The molecule has 0 radical (unpaired) electrons. The number of halogens is 1. The molecular formula is C12H16BrNO. The molecule has 15 heavy (non-hydrogen) atoms. The molecule has 1 amide bonds. The Morgan fingerprint density at radius 3 is 2.87 bits per heavy atom. The molecule has 1 N–H and O–H groups in total. The molecule has 0 bridgehead atoms. The van der Waals surface area contributed by atoms with Crippen molar-refractivity contribution in [2.45, 2.75) is 26.2 Å². The van der Waals surface area contributed by atoms with Crippen LogP contribution in [0.15, 0.2) is 28.7 Å². The second-order valence-corrected chi connectivity index (χ2v) is 4.39. The Balaban J connectivity index is 2.40. The van der Waals surface area contributed by atoms with E-state index in [2.05, 4.69) is 28.2 Å². The smallest absolute Gasteiger partial charge is 0.251 e. The number of nitrogens with one attached hydrogen (secondary N) is 1. The molecular weight excluding hydrogens is 254 g/mol. The molecule has 1 aromatic rings. The van der Waals surface area contributed by atoms with Crippen LogP contribution >= 0.6 is 15.9 Å². The van der Waals surface area contributed by atoms with Gasteiger partial charge in [0.05, 0.1) is 0 Å². The molecule has 82 valence electrons. The fourth-order valence-corrected chi connectivity index (χ4v) is 1.71. The summed E-state index contributed by atoms with van der Waals surface area (Å²) in [5, 5.41) is 2.90. The standard InChI is InChI=1S/C12H16BrNO/c1-2-3-4-8-14-12(15)10-6-5-7-11(13)9-10/h5-7,9H,2-4,8H2,1H3,(H,14,15). The van der Waals surface area contributed by atoms with Crippen LogP contribution in [0.4, 0.5) is 0 Å². The molecule has 0 aromatic heterocycles. The van der Waals surface area contributed by atoms with Crippen molar-refractivity contribution in [3.63, 3.8) is 0 Å². The maximum absolute atomic E-state index is 11.6. The van der Waals surface area contributed by atoms with E-state index in [0.29, 0.717) is 5.56 Å². The van der Waals surface area contributed by atoms with E-state index in [1.165, 1.54) is 12.8 Å². The highest BCUT2D eigenvalue weighted by atomic mass is 79.9. The third-order valence-electron chi connectivity index (χ3n) is 2.15. The van der Waals surface area contributed by atoms with E-state index >= 15 is 0 Å². The number of hydrogen-bond donors (Lipinski definition) is 1. The van der Waals surface area contributed by atoms with Crippen LogP contribution in [-0.4, -0.2) is 12.5 Å². The van der Waals surface area contributed by atoms with Crippen LogP contribution in [0.3, 0.4) is 0 Å². The number of rotatable bonds is 5. The Morgan fingerprint density at radius 1 is 1.40 bits per heavy atom. The first kappa shape index (κ1) is 12.2. The minimum atomic E-state index is 0.00685. The summed E-state index contributed by atoms with van der Waals surface area (Å²) >= 11 is 3.34. The van der Waals surface area contributed by atoms with Crippen molar-refractivity contribution in [1.82, 2.24) is 5.32 Å². The van der Waals surface area contributed by atoms with Gasteiger partial charge in [0.25, 0.3) is 5.91 Å². The van der Waals surface area contributed by atoms with Crippen molar-refractivity contribution >= 4 is 21.8 Å². The molecule has 0 saturated heterocycles. The number of benzene rings is 1. The molecule has 0 heterocycles. The molecule has 2 nitrogen and oxygen atoms in total. The summed E-state index contributed by atoms with van der Waals surface area (Å²) in [4.78, 5) is 11.6. The van der Waals surface area contributed by atoms with Crippen molar-refractivity contribution in [2.75, 3.05) is 6.54 Å². The maximum atomic E-state index is 11.6. The SMILES string of the molecule is CCCCCNC(=O)c1cccc(Br)c1. The van der Waals surface area contributed by atoms with Crippen LogP contribution in [0.2, 0.25) is 0 Å². The second kappa shape index (κ2) is 6.62.